The quantitative estimate of drug-likeness (QED) is 0.210. The Kier molecular flexibility index (Phi) is 11.1. The lowest BCUT2D eigenvalue weighted by Gasteiger charge is -2.33. The summed E-state index contributed by atoms with van der Waals surface area (Å²) in [5.74, 6) is 3.46. The molecule has 9 heteroatoms. The second kappa shape index (κ2) is 13.5. The van der Waals surface area contributed by atoms with Gasteiger partial charge in [-0.3, -0.25) is 4.90 Å². The zero-order chi connectivity index (χ0) is 22.9. The topological polar surface area (TPSA) is 79.6 Å². The van der Waals surface area contributed by atoms with Crippen molar-refractivity contribution in [2.45, 2.75) is 45.7 Å². The maximum absolute atomic E-state index is 5.24. The Morgan fingerprint density at radius 1 is 1.21 bits per heavy atom. The molecule has 1 aliphatic rings. The molecule has 0 aliphatic carbocycles. The number of likely N-dealkylation sites (tertiary alicyclic amines) is 1. The van der Waals surface area contributed by atoms with Gasteiger partial charge in [0, 0.05) is 39.3 Å². The van der Waals surface area contributed by atoms with Crippen molar-refractivity contribution in [2.75, 3.05) is 33.3 Å². The average Bonchev–Trinajstić information content (AvgIpc) is 3.11. The summed E-state index contributed by atoms with van der Waals surface area (Å²) in [7, 11) is 3.66. The molecule has 0 bridgehead atoms. The number of nitrogens with one attached hydrogen (secondary N) is 2. The number of hydrogen-bond acceptors (Lipinski definition) is 5. The Morgan fingerprint density at radius 3 is 2.48 bits per heavy atom. The number of benzene rings is 1. The molecule has 0 atom stereocenters. The summed E-state index contributed by atoms with van der Waals surface area (Å²) in [5, 5.41) is 15.5. The normalized spacial score (nSPS) is 15.1. The Bertz CT molecular complexity index is 902. The zero-order valence-electron chi connectivity index (χ0n) is 20.3. The number of halogens is 1. The highest BCUT2D eigenvalue weighted by molar-refractivity contribution is 14.0. The number of guanidine groups is 1. The Morgan fingerprint density at radius 2 is 1.91 bits per heavy atom. The van der Waals surface area contributed by atoms with E-state index >= 15 is 0 Å². The van der Waals surface area contributed by atoms with Gasteiger partial charge in [0.25, 0.3) is 0 Å². The summed E-state index contributed by atoms with van der Waals surface area (Å²) >= 11 is 0. The molecule has 1 fully saturated rings. The van der Waals surface area contributed by atoms with Crippen molar-refractivity contribution >= 4 is 29.9 Å². The van der Waals surface area contributed by atoms with Crippen LogP contribution in [-0.4, -0.2) is 65.0 Å². The van der Waals surface area contributed by atoms with Crippen LogP contribution in [0.15, 0.2) is 41.4 Å². The van der Waals surface area contributed by atoms with E-state index in [4.69, 9.17) is 9.73 Å². The van der Waals surface area contributed by atoms with Crippen molar-refractivity contribution in [3.05, 3.63) is 53.6 Å². The van der Waals surface area contributed by atoms with Crippen LogP contribution < -0.4 is 15.4 Å². The third-order valence-corrected chi connectivity index (χ3v) is 5.85. The van der Waals surface area contributed by atoms with E-state index in [0.717, 1.165) is 68.8 Å². The first kappa shape index (κ1) is 27.1. The van der Waals surface area contributed by atoms with Crippen LogP contribution >= 0.6 is 24.0 Å². The predicted octanol–water partition coefficient (Wildman–Crippen LogP) is 3.07. The highest BCUT2D eigenvalue weighted by Crippen LogP contribution is 2.13. The number of nitrogens with zero attached hydrogens (tertiary/aromatic N) is 5. The first-order valence-electron chi connectivity index (χ1n) is 11.3. The van der Waals surface area contributed by atoms with Crippen LogP contribution in [-0.2, 0) is 20.0 Å². The maximum atomic E-state index is 5.24. The lowest BCUT2D eigenvalue weighted by Crippen LogP contribution is -2.49. The first-order chi connectivity index (χ1) is 15.4. The Balaban J connectivity index is 0.00000385. The molecule has 0 unspecified atom stereocenters. The zero-order valence-corrected chi connectivity index (χ0v) is 22.6. The SMILES string of the molecule is C=C(C)CN1CCC(NC(=NCc2nnc(C)n2C)NCCc2ccc(OC)cc2)CC1.I. The lowest BCUT2D eigenvalue weighted by atomic mass is 10.0. The Labute approximate surface area is 214 Å². The van der Waals surface area contributed by atoms with Crippen LogP contribution in [0.4, 0.5) is 0 Å². The van der Waals surface area contributed by atoms with Crippen molar-refractivity contribution in [3.63, 3.8) is 0 Å². The molecule has 1 aromatic heterocycles. The van der Waals surface area contributed by atoms with Crippen molar-refractivity contribution in [3.8, 4) is 5.75 Å². The number of methoxy groups -OCH3 is 1. The van der Waals surface area contributed by atoms with Crippen LogP contribution in [0.25, 0.3) is 0 Å². The number of hydrogen-bond donors (Lipinski definition) is 2. The standard InChI is InChI=1S/C24H37N7O.HI/c1-18(2)17-31-14-11-21(12-15-31)27-24(26-16-23-29-28-19(3)30(23)4)25-13-10-20-6-8-22(32-5)9-7-20;/h6-9,21H,1,10-17H2,2-5H3,(H2,25,26,27);1H. The van der Waals surface area contributed by atoms with Gasteiger partial charge in [-0.25, -0.2) is 4.99 Å². The Hall–Kier alpha value is -2.14. The second-order valence-corrected chi connectivity index (χ2v) is 8.56. The van der Waals surface area contributed by atoms with Crippen LogP contribution in [0.1, 0.15) is 37.0 Å². The second-order valence-electron chi connectivity index (χ2n) is 8.56. The summed E-state index contributed by atoms with van der Waals surface area (Å²) in [5.41, 5.74) is 2.48. The predicted molar refractivity (Wildman–Crippen MR) is 144 cm³/mol. The van der Waals surface area contributed by atoms with E-state index in [1.165, 1.54) is 11.1 Å². The third kappa shape index (κ3) is 8.62. The van der Waals surface area contributed by atoms with Gasteiger partial charge in [0.15, 0.2) is 11.8 Å². The molecule has 0 saturated carbocycles. The van der Waals surface area contributed by atoms with Gasteiger partial charge in [-0.15, -0.1) is 34.2 Å². The fraction of sp³-hybridized carbons (Fsp3) is 0.542. The summed E-state index contributed by atoms with van der Waals surface area (Å²) in [4.78, 5) is 7.28. The molecular weight excluding hydrogens is 529 g/mol. The van der Waals surface area contributed by atoms with Crippen LogP contribution in [0.3, 0.4) is 0 Å². The van der Waals surface area contributed by atoms with Gasteiger partial charge < -0.3 is 19.9 Å². The van der Waals surface area contributed by atoms with Crippen molar-refractivity contribution in [1.29, 1.82) is 0 Å². The molecule has 1 saturated heterocycles. The molecule has 0 amide bonds. The van der Waals surface area contributed by atoms with E-state index < -0.39 is 0 Å². The molecule has 1 aromatic carbocycles. The molecule has 182 valence electrons. The highest BCUT2D eigenvalue weighted by Gasteiger charge is 2.20. The molecule has 2 aromatic rings. The highest BCUT2D eigenvalue weighted by atomic mass is 127. The van der Waals surface area contributed by atoms with E-state index in [2.05, 4.69) is 51.4 Å². The molecular formula is C24H38IN7O. The van der Waals surface area contributed by atoms with Gasteiger partial charge in [-0.1, -0.05) is 24.3 Å². The van der Waals surface area contributed by atoms with Crippen molar-refractivity contribution in [2.24, 2.45) is 12.0 Å². The van der Waals surface area contributed by atoms with E-state index in [0.29, 0.717) is 12.6 Å². The van der Waals surface area contributed by atoms with E-state index in [9.17, 15) is 0 Å². The smallest absolute Gasteiger partial charge is 0.191 e. The monoisotopic (exact) mass is 567 g/mol. The number of aromatic nitrogens is 3. The largest absolute Gasteiger partial charge is 0.497 e. The van der Waals surface area contributed by atoms with Gasteiger partial charge in [0.2, 0.25) is 0 Å². The van der Waals surface area contributed by atoms with Gasteiger partial charge in [0.05, 0.1) is 7.11 Å². The van der Waals surface area contributed by atoms with Crippen molar-refractivity contribution in [1.82, 2.24) is 30.3 Å². The minimum Gasteiger partial charge on any atom is -0.497 e. The number of rotatable bonds is 9. The lowest BCUT2D eigenvalue weighted by molar-refractivity contribution is 0.221. The minimum absolute atomic E-state index is 0. The fourth-order valence-electron chi connectivity index (χ4n) is 3.82. The van der Waals surface area contributed by atoms with Crippen LogP contribution in [0.5, 0.6) is 5.75 Å². The molecule has 2 heterocycles. The summed E-state index contributed by atoms with van der Waals surface area (Å²) in [6.45, 7) is 12.5. The number of aryl methyl sites for hydroxylation is 1. The number of piperidine rings is 1. The van der Waals surface area contributed by atoms with Crippen LogP contribution in [0.2, 0.25) is 0 Å². The molecule has 0 spiro atoms. The first-order valence-corrected chi connectivity index (χ1v) is 11.3. The molecule has 2 N–H and O–H groups in total. The van der Waals surface area contributed by atoms with E-state index in [-0.39, 0.29) is 24.0 Å². The molecule has 0 radical (unpaired) electrons. The number of aliphatic imine (C=N–C) groups is 1. The molecule has 33 heavy (non-hydrogen) atoms. The summed E-state index contributed by atoms with van der Waals surface area (Å²) < 4.78 is 7.23. The van der Waals surface area contributed by atoms with Crippen molar-refractivity contribution < 1.29 is 4.74 Å². The summed E-state index contributed by atoms with van der Waals surface area (Å²) in [6, 6.07) is 8.61. The molecule has 1 aliphatic heterocycles. The van der Waals surface area contributed by atoms with Crippen LogP contribution in [0, 0.1) is 6.92 Å². The van der Waals surface area contributed by atoms with Gasteiger partial charge in [-0.2, -0.15) is 0 Å². The van der Waals surface area contributed by atoms with Gasteiger partial charge in [0.1, 0.15) is 18.1 Å². The van der Waals surface area contributed by atoms with Gasteiger partial charge in [-0.05, 0) is 50.8 Å². The van der Waals surface area contributed by atoms with E-state index in [1.807, 2.05) is 30.7 Å². The average molecular weight is 568 g/mol. The maximum Gasteiger partial charge on any atom is 0.191 e. The van der Waals surface area contributed by atoms with E-state index in [1.54, 1.807) is 7.11 Å². The molecule has 3 rings (SSSR count). The minimum atomic E-state index is 0. The van der Waals surface area contributed by atoms with Gasteiger partial charge >= 0.3 is 0 Å². The fourth-order valence-corrected chi connectivity index (χ4v) is 3.82. The third-order valence-electron chi connectivity index (χ3n) is 5.85. The summed E-state index contributed by atoms with van der Waals surface area (Å²) in [6.07, 6.45) is 3.09. The molecule has 8 nitrogen and oxygen atoms in total. The number of ether oxygens (including phenoxy) is 1.